The summed E-state index contributed by atoms with van der Waals surface area (Å²) in [7, 11) is 0. The van der Waals surface area contributed by atoms with Crippen LogP contribution in [-0.4, -0.2) is 24.2 Å². The van der Waals surface area contributed by atoms with Crippen molar-refractivity contribution in [3.8, 4) is 0 Å². The first-order valence-electron chi connectivity index (χ1n) is 5.32. The molecule has 0 aliphatic carbocycles. The van der Waals surface area contributed by atoms with Crippen molar-refractivity contribution in [1.29, 1.82) is 0 Å². The second-order valence-corrected chi connectivity index (χ2v) is 4.00. The van der Waals surface area contributed by atoms with Gasteiger partial charge in [-0.15, -0.1) is 0 Å². The molecule has 15 heavy (non-hydrogen) atoms. The second-order valence-electron chi connectivity index (χ2n) is 4.00. The van der Waals surface area contributed by atoms with E-state index in [0.717, 1.165) is 25.5 Å². The first kappa shape index (κ1) is 10.2. The summed E-state index contributed by atoms with van der Waals surface area (Å²) in [5.74, 6) is 1.34. The standard InChI is InChI=1S/C11H17N3O/c1-8(9-4-6-15-7-9)14-11-10(12)3-2-5-13-11/h2-3,5,8-9H,4,6-7,12H2,1H3,(H,13,14). The third-order valence-electron chi connectivity index (χ3n) is 2.88. The molecular formula is C11H17N3O. The van der Waals surface area contributed by atoms with Gasteiger partial charge in [-0.3, -0.25) is 0 Å². The largest absolute Gasteiger partial charge is 0.396 e. The molecule has 0 radical (unpaired) electrons. The van der Waals surface area contributed by atoms with Gasteiger partial charge in [0.1, 0.15) is 5.82 Å². The molecule has 1 aromatic heterocycles. The lowest BCUT2D eigenvalue weighted by Crippen LogP contribution is -2.27. The average molecular weight is 207 g/mol. The van der Waals surface area contributed by atoms with Crippen LogP contribution in [-0.2, 0) is 4.74 Å². The van der Waals surface area contributed by atoms with E-state index in [2.05, 4.69) is 17.2 Å². The number of hydrogen-bond acceptors (Lipinski definition) is 4. The summed E-state index contributed by atoms with van der Waals surface area (Å²) in [4.78, 5) is 4.21. The van der Waals surface area contributed by atoms with Gasteiger partial charge in [0.25, 0.3) is 0 Å². The number of aromatic nitrogens is 1. The normalized spacial score (nSPS) is 22.6. The number of ether oxygens (including phenoxy) is 1. The highest BCUT2D eigenvalue weighted by Crippen LogP contribution is 2.21. The highest BCUT2D eigenvalue weighted by atomic mass is 16.5. The molecule has 0 spiro atoms. The molecular weight excluding hydrogens is 190 g/mol. The van der Waals surface area contributed by atoms with Gasteiger partial charge >= 0.3 is 0 Å². The fourth-order valence-electron chi connectivity index (χ4n) is 1.82. The molecule has 2 heterocycles. The van der Waals surface area contributed by atoms with E-state index in [-0.39, 0.29) is 0 Å². The number of hydrogen-bond donors (Lipinski definition) is 2. The minimum absolute atomic E-state index is 0.352. The minimum Gasteiger partial charge on any atom is -0.396 e. The van der Waals surface area contributed by atoms with E-state index < -0.39 is 0 Å². The van der Waals surface area contributed by atoms with Crippen LogP contribution in [0.1, 0.15) is 13.3 Å². The van der Waals surface area contributed by atoms with Gasteiger partial charge in [0, 0.05) is 24.8 Å². The summed E-state index contributed by atoms with van der Waals surface area (Å²) in [6.07, 6.45) is 2.86. The van der Waals surface area contributed by atoms with Gasteiger partial charge in [0.2, 0.25) is 0 Å². The Morgan fingerprint density at radius 3 is 3.20 bits per heavy atom. The Morgan fingerprint density at radius 1 is 1.67 bits per heavy atom. The Kier molecular flexibility index (Phi) is 3.06. The zero-order valence-corrected chi connectivity index (χ0v) is 8.94. The summed E-state index contributed by atoms with van der Waals surface area (Å²) < 4.78 is 5.35. The molecule has 3 N–H and O–H groups in total. The third-order valence-corrected chi connectivity index (χ3v) is 2.88. The topological polar surface area (TPSA) is 60.2 Å². The van der Waals surface area contributed by atoms with Crippen LogP contribution in [0.2, 0.25) is 0 Å². The maximum Gasteiger partial charge on any atom is 0.149 e. The van der Waals surface area contributed by atoms with Crippen LogP contribution < -0.4 is 11.1 Å². The van der Waals surface area contributed by atoms with Crippen LogP contribution in [0.25, 0.3) is 0 Å². The average Bonchev–Trinajstić information content (AvgIpc) is 2.74. The van der Waals surface area contributed by atoms with Crippen LogP contribution >= 0.6 is 0 Å². The van der Waals surface area contributed by atoms with E-state index in [4.69, 9.17) is 10.5 Å². The number of anilines is 2. The Labute approximate surface area is 89.8 Å². The number of nitrogens with zero attached hydrogens (tertiary/aromatic N) is 1. The van der Waals surface area contributed by atoms with Gasteiger partial charge in [0.15, 0.2) is 0 Å². The van der Waals surface area contributed by atoms with E-state index in [1.165, 1.54) is 0 Å². The first-order valence-corrected chi connectivity index (χ1v) is 5.32. The van der Waals surface area contributed by atoms with E-state index in [1.807, 2.05) is 12.1 Å². The summed E-state index contributed by atoms with van der Waals surface area (Å²) in [5, 5.41) is 3.34. The van der Waals surface area contributed by atoms with Gasteiger partial charge < -0.3 is 15.8 Å². The monoisotopic (exact) mass is 207 g/mol. The smallest absolute Gasteiger partial charge is 0.149 e. The van der Waals surface area contributed by atoms with E-state index in [1.54, 1.807) is 6.20 Å². The molecule has 0 amide bonds. The third kappa shape index (κ3) is 2.39. The molecule has 1 aliphatic heterocycles. The van der Waals surface area contributed by atoms with Crippen LogP contribution in [0, 0.1) is 5.92 Å². The molecule has 1 aliphatic rings. The predicted molar refractivity (Wildman–Crippen MR) is 60.7 cm³/mol. The maximum atomic E-state index is 5.81. The van der Waals surface area contributed by atoms with Crippen molar-refractivity contribution in [2.45, 2.75) is 19.4 Å². The molecule has 1 fully saturated rings. The van der Waals surface area contributed by atoms with Gasteiger partial charge in [0.05, 0.1) is 12.3 Å². The lowest BCUT2D eigenvalue weighted by Gasteiger charge is -2.20. The quantitative estimate of drug-likeness (QED) is 0.788. The van der Waals surface area contributed by atoms with E-state index in [9.17, 15) is 0 Å². The zero-order valence-electron chi connectivity index (χ0n) is 8.94. The van der Waals surface area contributed by atoms with Crippen molar-refractivity contribution in [1.82, 2.24) is 4.98 Å². The Morgan fingerprint density at radius 2 is 2.53 bits per heavy atom. The fraction of sp³-hybridized carbons (Fsp3) is 0.545. The molecule has 0 saturated carbocycles. The van der Waals surface area contributed by atoms with Crippen molar-refractivity contribution in [2.75, 3.05) is 24.3 Å². The van der Waals surface area contributed by atoms with Crippen molar-refractivity contribution in [3.63, 3.8) is 0 Å². The van der Waals surface area contributed by atoms with Gasteiger partial charge in [-0.25, -0.2) is 4.98 Å². The highest BCUT2D eigenvalue weighted by Gasteiger charge is 2.22. The predicted octanol–water partition coefficient (Wildman–Crippen LogP) is 1.50. The Balaban J connectivity index is 1.99. The second kappa shape index (κ2) is 4.49. The summed E-state index contributed by atoms with van der Waals surface area (Å²) >= 11 is 0. The number of nitrogens with two attached hydrogens (primary N) is 1. The zero-order chi connectivity index (χ0) is 10.7. The Hall–Kier alpha value is -1.29. The number of nitrogens with one attached hydrogen (secondary N) is 1. The lowest BCUT2D eigenvalue weighted by molar-refractivity contribution is 0.183. The number of nitrogen functional groups attached to an aromatic ring is 1. The maximum absolute atomic E-state index is 5.81. The van der Waals surface area contributed by atoms with Gasteiger partial charge in [-0.05, 0) is 25.5 Å². The molecule has 2 atom stereocenters. The van der Waals surface area contributed by atoms with Crippen molar-refractivity contribution in [2.24, 2.45) is 5.92 Å². The molecule has 2 unspecified atom stereocenters. The fourth-order valence-corrected chi connectivity index (χ4v) is 1.82. The summed E-state index contributed by atoms with van der Waals surface area (Å²) in [5.41, 5.74) is 6.51. The molecule has 82 valence electrons. The van der Waals surface area contributed by atoms with E-state index in [0.29, 0.717) is 17.6 Å². The SMILES string of the molecule is CC(Nc1ncccc1N)C1CCOC1. The van der Waals surface area contributed by atoms with Crippen LogP contribution in [0.4, 0.5) is 11.5 Å². The molecule has 0 aromatic carbocycles. The van der Waals surface area contributed by atoms with Crippen molar-refractivity contribution < 1.29 is 4.74 Å². The van der Waals surface area contributed by atoms with Crippen LogP contribution in [0.3, 0.4) is 0 Å². The molecule has 2 rings (SSSR count). The lowest BCUT2D eigenvalue weighted by atomic mass is 10.0. The summed E-state index contributed by atoms with van der Waals surface area (Å²) in [6.45, 7) is 3.85. The summed E-state index contributed by atoms with van der Waals surface area (Å²) in [6, 6.07) is 4.04. The van der Waals surface area contributed by atoms with Gasteiger partial charge in [-0.1, -0.05) is 0 Å². The number of pyridine rings is 1. The molecule has 4 nitrogen and oxygen atoms in total. The van der Waals surface area contributed by atoms with Gasteiger partial charge in [-0.2, -0.15) is 0 Å². The van der Waals surface area contributed by atoms with Crippen LogP contribution in [0.15, 0.2) is 18.3 Å². The highest BCUT2D eigenvalue weighted by molar-refractivity contribution is 5.60. The van der Waals surface area contributed by atoms with Crippen LogP contribution in [0.5, 0.6) is 0 Å². The molecule has 1 aromatic rings. The Bertz CT molecular complexity index is 323. The molecule has 4 heteroatoms. The van der Waals surface area contributed by atoms with Crippen molar-refractivity contribution >= 4 is 11.5 Å². The minimum atomic E-state index is 0.352. The first-order chi connectivity index (χ1) is 7.27. The van der Waals surface area contributed by atoms with E-state index >= 15 is 0 Å². The van der Waals surface area contributed by atoms with Crippen molar-refractivity contribution in [3.05, 3.63) is 18.3 Å². The molecule has 0 bridgehead atoms. The number of rotatable bonds is 3. The molecule has 1 saturated heterocycles.